The number of nitrogens with one attached hydrogen (secondary N) is 2. The average Bonchev–Trinajstić information content (AvgIpc) is 2.89. The lowest BCUT2D eigenvalue weighted by Crippen LogP contribution is -2.46. The van der Waals surface area contributed by atoms with Gasteiger partial charge in [0.1, 0.15) is 18.2 Å². The number of carbonyl (C=O) groups excluding carboxylic acids is 1. The fourth-order valence-corrected chi connectivity index (χ4v) is 4.08. The number of carbonyl (C=O) groups is 3. The van der Waals surface area contributed by atoms with Crippen molar-refractivity contribution in [3.63, 3.8) is 0 Å². The summed E-state index contributed by atoms with van der Waals surface area (Å²) in [6.45, 7) is 1.40. The first-order valence-corrected chi connectivity index (χ1v) is 11.9. The molecule has 1 atom stereocenters. The molecule has 0 aliphatic carbocycles. The first kappa shape index (κ1) is 27.2. The second kappa shape index (κ2) is 13.1. The number of rotatable bonds is 12. The van der Waals surface area contributed by atoms with Gasteiger partial charge in [-0.3, -0.25) is 20.0 Å². The number of amides is 1. The van der Waals surface area contributed by atoms with Gasteiger partial charge in [-0.25, -0.2) is 4.79 Å². The Morgan fingerprint density at radius 1 is 1.19 bits per heavy atom. The summed E-state index contributed by atoms with van der Waals surface area (Å²) in [6.07, 6.45) is 7.08. The number of carboxylic acid groups (broad SMARTS) is 2. The number of aromatic nitrogens is 1. The normalized spacial score (nSPS) is 14.8. The van der Waals surface area contributed by atoms with E-state index in [0.717, 1.165) is 24.9 Å². The lowest BCUT2D eigenvalue weighted by Gasteiger charge is -2.33. The molecule has 1 aliphatic heterocycles. The third kappa shape index (κ3) is 8.34. The molecular formula is C26H31N5O6. The van der Waals surface area contributed by atoms with Crippen molar-refractivity contribution in [1.29, 1.82) is 5.41 Å². The van der Waals surface area contributed by atoms with Crippen LogP contribution in [0.2, 0.25) is 0 Å². The van der Waals surface area contributed by atoms with Crippen LogP contribution < -0.4 is 20.7 Å². The first-order chi connectivity index (χ1) is 17.7. The Labute approximate surface area is 214 Å². The van der Waals surface area contributed by atoms with Gasteiger partial charge in [0, 0.05) is 60.7 Å². The summed E-state index contributed by atoms with van der Waals surface area (Å²) in [4.78, 5) is 41.4. The molecule has 0 unspecified atom stereocenters. The Bertz CT molecular complexity index is 1150. The molecular weight excluding hydrogens is 478 g/mol. The first-order valence-electron chi connectivity index (χ1n) is 11.9. The Kier molecular flexibility index (Phi) is 9.59. The number of hydrogen-bond acceptors (Lipinski definition) is 7. The molecule has 1 fully saturated rings. The summed E-state index contributed by atoms with van der Waals surface area (Å²) in [6, 6.07) is 7.93. The zero-order chi connectivity index (χ0) is 26.8. The largest absolute Gasteiger partial charge is 0.491 e. The van der Waals surface area contributed by atoms with Crippen molar-refractivity contribution in [1.82, 2.24) is 10.3 Å². The van der Waals surface area contributed by atoms with E-state index < -0.39 is 18.0 Å². The highest BCUT2D eigenvalue weighted by Gasteiger charge is 2.27. The summed E-state index contributed by atoms with van der Waals surface area (Å²) in [7, 11) is 0. The summed E-state index contributed by atoms with van der Waals surface area (Å²) in [5, 5.41) is 28.7. The van der Waals surface area contributed by atoms with E-state index in [1.54, 1.807) is 24.5 Å². The van der Waals surface area contributed by atoms with Crippen molar-refractivity contribution in [2.45, 2.75) is 31.7 Å². The maximum atomic E-state index is 13.0. The predicted molar refractivity (Wildman–Crippen MR) is 138 cm³/mol. The van der Waals surface area contributed by atoms with Gasteiger partial charge in [0.05, 0.1) is 6.04 Å². The second-order valence-electron chi connectivity index (χ2n) is 8.75. The number of amidine groups is 1. The highest BCUT2D eigenvalue weighted by Crippen LogP contribution is 2.24. The highest BCUT2D eigenvalue weighted by molar-refractivity contribution is 5.96. The number of nitrogens with zero attached hydrogens (tertiary/aromatic N) is 2. The minimum Gasteiger partial charge on any atom is -0.491 e. The number of nitrogen functional groups attached to an aromatic ring is 1. The topological polar surface area (TPSA) is 179 Å². The van der Waals surface area contributed by atoms with Gasteiger partial charge in [0.15, 0.2) is 0 Å². The number of hydrogen-bond donors (Lipinski definition) is 5. The molecule has 0 radical (unpaired) electrons. The van der Waals surface area contributed by atoms with Gasteiger partial charge in [-0.2, -0.15) is 0 Å². The number of ether oxygens (including phenoxy) is 1. The Balaban J connectivity index is 1.66. The van der Waals surface area contributed by atoms with E-state index in [1.807, 2.05) is 12.1 Å². The number of aliphatic carboxylic acids is 2. The van der Waals surface area contributed by atoms with Crippen LogP contribution in [0, 0.1) is 11.3 Å². The molecule has 1 aromatic heterocycles. The van der Waals surface area contributed by atoms with E-state index in [1.165, 1.54) is 12.1 Å². The molecule has 1 amide bonds. The number of nitrogens with two attached hydrogens (primary N) is 1. The van der Waals surface area contributed by atoms with Gasteiger partial charge in [0.2, 0.25) is 5.91 Å². The molecule has 1 aliphatic rings. The number of anilines is 1. The minimum atomic E-state index is -1.14. The fourth-order valence-electron chi connectivity index (χ4n) is 4.08. The fraction of sp³-hybridized carbons (Fsp3) is 0.346. The maximum absolute atomic E-state index is 13.0. The number of carboxylic acids is 2. The van der Waals surface area contributed by atoms with Crippen LogP contribution >= 0.6 is 0 Å². The number of pyridine rings is 1. The summed E-state index contributed by atoms with van der Waals surface area (Å²) in [5.74, 6) is -2.41. The van der Waals surface area contributed by atoms with Crippen LogP contribution in [-0.2, 0) is 14.4 Å². The molecule has 11 heteroatoms. The molecule has 196 valence electrons. The standard InChI is InChI=1S/C26H31N5O6/c27-25(28)19-2-1-17(3-5-23(32)33)22(15-19)37-16-20(4-6-24(34)35)30-26(36)18-9-13-31(14-10-18)21-7-11-29-12-8-21/h1-3,5,7-8,11-12,15,18,20H,4,6,9-10,13-14,16H2,(H3,27,28)(H,30,36)(H,32,33)(H,34,35)/b5-3+/t20-/m0/s1. The third-order valence-corrected chi connectivity index (χ3v) is 6.12. The SMILES string of the molecule is N=C(N)c1ccc(/C=C/C(=O)O)c(OC[C@H](CCC(=O)O)NC(=O)C2CCN(c3ccncc3)CC2)c1. The number of piperidine rings is 1. The zero-order valence-electron chi connectivity index (χ0n) is 20.3. The maximum Gasteiger partial charge on any atom is 0.328 e. The van der Waals surface area contributed by atoms with E-state index in [-0.39, 0.29) is 42.9 Å². The van der Waals surface area contributed by atoms with Crippen LogP contribution in [-0.4, -0.2) is 64.6 Å². The van der Waals surface area contributed by atoms with Crippen molar-refractivity contribution in [2.75, 3.05) is 24.6 Å². The van der Waals surface area contributed by atoms with Crippen LogP contribution in [0.1, 0.15) is 36.8 Å². The smallest absolute Gasteiger partial charge is 0.328 e. The number of benzene rings is 1. The molecule has 1 aromatic carbocycles. The summed E-state index contributed by atoms with van der Waals surface area (Å²) in [5.41, 5.74) is 7.46. The molecule has 3 rings (SSSR count). The quantitative estimate of drug-likeness (QED) is 0.163. The van der Waals surface area contributed by atoms with Gasteiger partial charge in [-0.05, 0) is 43.5 Å². The molecule has 0 spiro atoms. The average molecular weight is 510 g/mol. The minimum absolute atomic E-state index is 0.0375. The highest BCUT2D eigenvalue weighted by atomic mass is 16.5. The van der Waals surface area contributed by atoms with Crippen LogP contribution in [0.5, 0.6) is 5.75 Å². The summed E-state index contributed by atoms with van der Waals surface area (Å²) < 4.78 is 5.90. The summed E-state index contributed by atoms with van der Waals surface area (Å²) >= 11 is 0. The van der Waals surface area contributed by atoms with Gasteiger partial charge >= 0.3 is 11.9 Å². The third-order valence-electron chi connectivity index (χ3n) is 6.12. The van der Waals surface area contributed by atoms with Crippen molar-refractivity contribution < 1.29 is 29.3 Å². The van der Waals surface area contributed by atoms with Crippen LogP contribution in [0.4, 0.5) is 5.69 Å². The van der Waals surface area contributed by atoms with E-state index in [2.05, 4.69) is 15.2 Å². The van der Waals surface area contributed by atoms with Gasteiger partial charge < -0.3 is 30.9 Å². The molecule has 2 aromatic rings. The Morgan fingerprint density at radius 3 is 2.51 bits per heavy atom. The molecule has 37 heavy (non-hydrogen) atoms. The zero-order valence-corrected chi connectivity index (χ0v) is 20.3. The molecule has 2 heterocycles. The van der Waals surface area contributed by atoms with E-state index in [0.29, 0.717) is 24.0 Å². The van der Waals surface area contributed by atoms with Gasteiger partial charge in [-0.1, -0.05) is 12.1 Å². The van der Waals surface area contributed by atoms with E-state index in [9.17, 15) is 14.4 Å². The van der Waals surface area contributed by atoms with Crippen molar-refractivity contribution in [3.05, 3.63) is 59.9 Å². The van der Waals surface area contributed by atoms with Crippen molar-refractivity contribution >= 4 is 35.4 Å². The molecule has 0 bridgehead atoms. The lowest BCUT2D eigenvalue weighted by atomic mass is 9.95. The van der Waals surface area contributed by atoms with Gasteiger partial charge in [-0.15, -0.1) is 0 Å². The predicted octanol–water partition coefficient (Wildman–Crippen LogP) is 2.11. The molecule has 11 nitrogen and oxygen atoms in total. The second-order valence-corrected chi connectivity index (χ2v) is 8.75. The molecule has 0 saturated carbocycles. The van der Waals surface area contributed by atoms with Crippen LogP contribution in [0.15, 0.2) is 48.8 Å². The van der Waals surface area contributed by atoms with Gasteiger partial charge in [0.25, 0.3) is 0 Å². The van der Waals surface area contributed by atoms with Crippen molar-refractivity contribution in [3.8, 4) is 5.75 Å². The molecule has 1 saturated heterocycles. The van der Waals surface area contributed by atoms with Crippen LogP contribution in [0.25, 0.3) is 6.08 Å². The van der Waals surface area contributed by atoms with Crippen molar-refractivity contribution in [2.24, 2.45) is 11.7 Å². The van der Waals surface area contributed by atoms with E-state index >= 15 is 0 Å². The Morgan fingerprint density at radius 2 is 1.89 bits per heavy atom. The molecule has 6 N–H and O–H groups in total. The lowest BCUT2D eigenvalue weighted by molar-refractivity contribution is -0.137. The van der Waals surface area contributed by atoms with Crippen LogP contribution in [0.3, 0.4) is 0 Å². The van der Waals surface area contributed by atoms with E-state index in [4.69, 9.17) is 26.1 Å². The Hall–Kier alpha value is -4.41. The monoisotopic (exact) mass is 509 g/mol.